The van der Waals surface area contributed by atoms with E-state index in [4.69, 9.17) is 4.98 Å². The minimum atomic E-state index is -0.341. The van der Waals surface area contributed by atoms with Crippen LogP contribution in [-0.4, -0.2) is 36.0 Å². The van der Waals surface area contributed by atoms with E-state index in [0.29, 0.717) is 46.1 Å². The molecule has 0 bridgehead atoms. The highest BCUT2D eigenvalue weighted by Gasteiger charge is 2.19. The normalized spacial score (nSPS) is 11.6. The van der Waals surface area contributed by atoms with E-state index in [0.717, 1.165) is 22.2 Å². The number of aromatic nitrogens is 6. The number of hydrogen-bond donors (Lipinski definition) is 3. The summed E-state index contributed by atoms with van der Waals surface area (Å²) in [5.74, 6) is 0.114. The molecule has 3 N–H and O–H groups in total. The molecule has 0 aliphatic rings. The molecule has 0 unspecified atom stereocenters. The first-order chi connectivity index (χ1) is 18.0. The minimum absolute atomic E-state index is 0.0890. The van der Waals surface area contributed by atoms with Crippen LogP contribution < -0.4 is 5.32 Å². The SMILES string of the molecule is C=C/C=C(/c1ccccc1F)c1nc(-c2[nH]nc3ncc(-c4cncc(NC(=O)CC)c4)cc23)[nH]c1C. The van der Waals surface area contributed by atoms with E-state index in [-0.39, 0.29) is 11.7 Å². The fraction of sp³-hybridized carbons (Fsp3) is 0.107. The number of H-pyrrole nitrogens is 2. The molecule has 1 aromatic carbocycles. The highest BCUT2D eigenvalue weighted by Crippen LogP contribution is 2.32. The van der Waals surface area contributed by atoms with E-state index >= 15 is 0 Å². The van der Waals surface area contributed by atoms with Crippen molar-refractivity contribution in [1.82, 2.24) is 30.1 Å². The summed E-state index contributed by atoms with van der Waals surface area (Å²) >= 11 is 0. The Bertz CT molecular complexity index is 1660. The lowest BCUT2D eigenvalue weighted by Crippen LogP contribution is -2.09. The Morgan fingerprint density at radius 1 is 1.16 bits per heavy atom. The van der Waals surface area contributed by atoms with Gasteiger partial charge in [-0.15, -0.1) is 0 Å². The Balaban J connectivity index is 1.56. The number of anilines is 1. The van der Waals surface area contributed by atoms with Crippen LogP contribution in [0.5, 0.6) is 0 Å². The largest absolute Gasteiger partial charge is 0.340 e. The second kappa shape index (κ2) is 9.98. The van der Waals surface area contributed by atoms with E-state index in [2.05, 4.69) is 37.0 Å². The van der Waals surface area contributed by atoms with Crippen molar-refractivity contribution >= 4 is 28.2 Å². The van der Waals surface area contributed by atoms with Gasteiger partial charge in [0.2, 0.25) is 5.91 Å². The smallest absolute Gasteiger partial charge is 0.224 e. The number of amides is 1. The lowest BCUT2D eigenvalue weighted by atomic mass is 10.0. The molecule has 0 aliphatic carbocycles. The second-order valence-corrected chi connectivity index (χ2v) is 8.41. The van der Waals surface area contributed by atoms with Crippen molar-refractivity contribution < 1.29 is 9.18 Å². The molecule has 8 nitrogen and oxygen atoms in total. The lowest BCUT2D eigenvalue weighted by molar-refractivity contribution is -0.115. The summed E-state index contributed by atoms with van der Waals surface area (Å²) in [5.41, 5.74) is 5.80. The molecule has 4 heterocycles. The highest BCUT2D eigenvalue weighted by atomic mass is 19.1. The molecule has 0 spiro atoms. The van der Waals surface area contributed by atoms with Crippen LogP contribution in [0.1, 0.15) is 30.3 Å². The fourth-order valence-electron chi connectivity index (χ4n) is 4.09. The van der Waals surface area contributed by atoms with Gasteiger partial charge in [-0.3, -0.25) is 14.9 Å². The van der Waals surface area contributed by atoms with Crippen LogP contribution in [0.2, 0.25) is 0 Å². The number of aromatic amines is 2. The van der Waals surface area contributed by atoms with E-state index < -0.39 is 0 Å². The predicted octanol–water partition coefficient (Wildman–Crippen LogP) is 5.82. The van der Waals surface area contributed by atoms with Crippen molar-refractivity contribution in [2.45, 2.75) is 20.3 Å². The Morgan fingerprint density at radius 3 is 2.76 bits per heavy atom. The number of imidazole rings is 1. The number of rotatable bonds is 7. The Morgan fingerprint density at radius 2 is 1.97 bits per heavy atom. The van der Waals surface area contributed by atoms with E-state index in [1.807, 2.05) is 19.1 Å². The standard InChI is InChI=1S/C28H24FN7O/c1-4-8-21(20-9-6-7-10-23(20)29)25-16(3)32-28(34-25)26-22-12-18(14-31-27(22)36-35-26)17-11-19(15-30-13-17)33-24(37)5-2/h4,6-15H,1,5H2,2-3H3,(H,32,34)(H,33,37)(H,31,35,36)/b21-8-. The van der Waals surface area contributed by atoms with Gasteiger partial charge in [0.25, 0.3) is 0 Å². The molecule has 184 valence electrons. The van der Waals surface area contributed by atoms with Crippen molar-refractivity contribution in [3.05, 3.63) is 96.5 Å². The molecule has 0 saturated carbocycles. The molecule has 37 heavy (non-hydrogen) atoms. The number of aryl methyl sites for hydroxylation is 1. The van der Waals surface area contributed by atoms with Crippen molar-refractivity contribution in [3.8, 4) is 22.6 Å². The van der Waals surface area contributed by atoms with Gasteiger partial charge >= 0.3 is 0 Å². The van der Waals surface area contributed by atoms with Crippen LogP contribution in [0.4, 0.5) is 10.1 Å². The molecule has 0 aliphatic heterocycles. The van der Waals surface area contributed by atoms with Crippen LogP contribution >= 0.6 is 0 Å². The Hall–Kier alpha value is -4.92. The van der Waals surface area contributed by atoms with Gasteiger partial charge in [-0.25, -0.2) is 14.4 Å². The van der Waals surface area contributed by atoms with Gasteiger partial charge in [0.05, 0.1) is 23.0 Å². The lowest BCUT2D eigenvalue weighted by Gasteiger charge is -2.07. The van der Waals surface area contributed by atoms with Gasteiger partial charge in [-0.2, -0.15) is 5.10 Å². The van der Waals surface area contributed by atoms with Gasteiger partial charge in [-0.05, 0) is 25.1 Å². The zero-order chi connectivity index (χ0) is 25.9. The topological polar surface area (TPSA) is 112 Å². The molecule has 1 amide bonds. The Labute approximate surface area is 212 Å². The minimum Gasteiger partial charge on any atom is -0.340 e. The third-order valence-corrected chi connectivity index (χ3v) is 5.91. The van der Waals surface area contributed by atoms with Crippen LogP contribution in [-0.2, 0) is 4.79 Å². The fourth-order valence-corrected chi connectivity index (χ4v) is 4.09. The third kappa shape index (κ3) is 4.66. The summed E-state index contributed by atoms with van der Waals surface area (Å²) in [5, 5.41) is 10.9. The highest BCUT2D eigenvalue weighted by molar-refractivity contribution is 5.94. The number of hydrogen-bond acceptors (Lipinski definition) is 5. The average molecular weight is 494 g/mol. The summed E-state index contributed by atoms with van der Waals surface area (Å²) in [6.07, 6.45) is 8.75. The van der Waals surface area contributed by atoms with E-state index in [9.17, 15) is 9.18 Å². The first-order valence-electron chi connectivity index (χ1n) is 11.7. The summed E-state index contributed by atoms with van der Waals surface area (Å²) in [4.78, 5) is 28.6. The molecule has 9 heteroatoms. The van der Waals surface area contributed by atoms with Gasteiger partial charge in [0.15, 0.2) is 11.5 Å². The monoisotopic (exact) mass is 493 g/mol. The van der Waals surface area contributed by atoms with Gasteiger partial charge in [-0.1, -0.05) is 43.9 Å². The number of nitrogens with zero attached hydrogens (tertiary/aromatic N) is 4. The molecule has 0 atom stereocenters. The zero-order valence-corrected chi connectivity index (χ0v) is 20.3. The quantitative estimate of drug-likeness (QED) is 0.247. The Kier molecular flexibility index (Phi) is 6.42. The maximum atomic E-state index is 14.6. The van der Waals surface area contributed by atoms with Crippen LogP contribution in [0.25, 0.3) is 39.3 Å². The summed E-state index contributed by atoms with van der Waals surface area (Å²) in [6.45, 7) is 7.46. The third-order valence-electron chi connectivity index (χ3n) is 5.91. The summed E-state index contributed by atoms with van der Waals surface area (Å²) < 4.78 is 14.6. The number of fused-ring (bicyclic) bond motifs is 1. The molecular weight excluding hydrogens is 469 g/mol. The number of pyridine rings is 2. The second-order valence-electron chi connectivity index (χ2n) is 8.41. The number of halogens is 1. The van der Waals surface area contributed by atoms with Crippen molar-refractivity contribution in [3.63, 3.8) is 0 Å². The van der Waals surface area contributed by atoms with Crippen molar-refractivity contribution in [2.75, 3.05) is 5.32 Å². The maximum Gasteiger partial charge on any atom is 0.224 e. The first-order valence-corrected chi connectivity index (χ1v) is 11.7. The number of benzene rings is 1. The van der Waals surface area contributed by atoms with E-state index in [1.54, 1.807) is 55.9 Å². The number of allylic oxidation sites excluding steroid dienone is 2. The molecule has 0 saturated heterocycles. The molecule has 0 radical (unpaired) electrons. The molecule has 4 aromatic heterocycles. The van der Waals surface area contributed by atoms with Crippen molar-refractivity contribution in [2.24, 2.45) is 0 Å². The van der Waals surface area contributed by atoms with Gasteiger partial charge in [0, 0.05) is 46.8 Å². The van der Waals surface area contributed by atoms with Crippen LogP contribution in [0.15, 0.2) is 73.7 Å². The maximum absolute atomic E-state index is 14.6. The molecular formula is C28H24FN7O. The van der Waals surface area contributed by atoms with Crippen molar-refractivity contribution in [1.29, 1.82) is 0 Å². The number of nitrogens with one attached hydrogen (secondary N) is 3. The van der Waals surface area contributed by atoms with Gasteiger partial charge < -0.3 is 10.3 Å². The number of carbonyl (C=O) groups excluding carboxylic acids is 1. The summed E-state index contributed by atoms with van der Waals surface area (Å²) in [7, 11) is 0. The average Bonchev–Trinajstić information content (AvgIpc) is 3.50. The van der Waals surface area contributed by atoms with Crippen LogP contribution in [0, 0.1) is 12.7 Å². The zero-order valence-electron chi connectivity index (χ0n) is 20.3. The molecule has 0 fully saturated rings. The van der Waals surface area contributed by atoms with E-state index in [1.165, 1.54) is 6.07 Å². The molecule has 5 aromatic rings. The number of carbonyl (C=O) groups is 1. The van der Waals surface area contributed by atoms with Crippen LogP contribution in [0.3, 0.4) is 0 Å². The summed E-state index contributed by atoms with van der Waals surface area (Å²) in [6, 6.07) is 10.4. The molecule has 5 rings (SSSR count). The first kappa shape index (κ1) is 23.8. The van der Waals surface area contributed by atoms with Gasteiger partial charge in [0.1, 0.15) is 11.5 Å². The predicted molar refractivity (Wildman–Crippen MR) is 142 cm³/mol.